The van der Waals surface area contributed by atoms with Crippen LogP contribution < -0.4 is 4.74 Å². The van der Waals surface area contributed by atoms with E-state index in [1.165, 1.54) is 11.8 Å². The largest absolute Gasteiger partial charge is 0.494 e. The van der Waals surface area contributed by atoms with Crippen molar-refractivity contribution in [2.45, 2.75) is 18.6 Å². The summed E-state index contributed by atoms with van der Waals surface area (Å²) in [5.74, 6) is 0.898. The minimum Gasteiger partial charge on any atom is -0.494 e. The average Bonchev–Trinajstić information content (AvgIpc) is 3.37. The third-order valence-electron chi connectivity index (χ3n) is 3.96. The van der Waals surface area contributed by atoms with Gasteiger partial charge in [-0.05, 0) is 46.5 Å². The Kier molecular flexibility index (Phi) is 6.83. The second-order valence-corrected chi connectivity index (χ2v) is 7.95. The zero-order chi connectivity index (χ0) is 19.9. The molecule has 0 fully saturated rings. The number of thioether (sulfide) groups is 1. The maximum Gasteiger partial charge on any atom is 0.233 e. The zero-order valence-electron chi connectivity index (χ0n) is 15.7. The molecule has 0 radical (unpaired) electrons. The topological polar surface area (TPSA) is 73.1 Å². The van der Waals surface area contributed by atoms with Gasteiger partial charge in [0.1, 0.15) is 11.4 Å². The van der Waals surface area contributed by atoms with Crippen LogP contribution in [0, 0.1) is 6.92 Å². The van der Waals surface area contributed by atoms with Gasteiger partial charge in [0.15, 0.2) is 0 Å². The molecule has 0 aliphatic rings. The van der Waals surface area contributed by atoms with Gasteiger partial charge < -0.3 is 9.64 Å². The fourth-order valence-corrected chi connectivity index (χ4v) is 4.11. The standard InChI is InChI=1S/C19H21N5O2S2/c1-4-9-23(12-15-6-5-10-27-15)18(25)13-28-19-20-21-22-24(19)16-11-14(2)7-8-17(16)26-3/h4-8,10-11H,1,9,12-13H2,2-3H3. The summed E-state index contributed by atoms with van der Waals surface area (Å²) in [4.78, 5) is 15.6. The molecule has 28 heavy (non-hydrogen) atoms. The number of nitrogens with zero attached hydrogens (tertiary/aromatic N) is 5. The summed E-state index contributed by atoms with van der Waals surface area (Å²) in [5, 5.41) is 14.5. The Morgan fingerprint density at radius 3 is 3.00 bits per heavy atom. The number of thiophene rings is 1. The molecule has 0 saturated carbocycles. The van der Waals surface area contributed by atoms with E-state index in [1.807, 2.05) is 42.6 Å². The number of aromatic nitrogens is 4. The average molecular weight is 416 g/mol. The molecular weight excluding hydrogens is 394 g/mol. The lowest BCUT2D eigenvalue weighted by Crippen LogP contribution is -2.31. The summed E-state index contributed by atoms with van der Waals surface area (Å²) in [6.07, 6.45) is 1.73. The number of tetrazole rings is 1. The monoisotopic (exact) mass is 415 g/mol. The minimum absolute atomic E-state index is 0.00376. The van der Waals surface area contributed by atoms with Crippen molar-refractivity contribution in [2.24, 2.45) is 0 Å². The van der Waals surface area contributed by atoms with Crippen molar-refractivity contribution in [1.29, 1.82) is 0 Å². The number of ether oxygens (including phenoxy) is 1. The van der Waals surface area contributed by atoms with Crippen molar-refractivity contribution < 1.29 is 9.53 Å². The second kappa shape index (κ2) is 9.52. The highest BCUT2D eigenvalue weighted by Gasteiger charge is 2.18. The van der Waals surface area contributed by atoms with Gasteiger partial charge in [0.05, 0.1) is 19.4 Å². The van der Waals surface area contributed by atoms with E-state index >= 15 is 0 Å². The lowest BCUT2D eigenvalue weighted by Gasteiger charge is -2.20. The number of aryl methyl sites for hydroxylation is 1. The van der Waals surface area contributed by atoms with Gasteiger partial charge in [-0.3, -0.25) is 4.79 Å². The van der Waals surface area contributed by atoms with Gasteiger partial charge in [0.2, 0.25) is 11.1 Å². The first-order valence-electron chi connectivity index (χ1n) is 8.59. The Labute approximate surface area is 172 Å². The van der Waals surface area contributed by atoms with Crippen LogP contribution in [0.4, 0.5) is 0 Å². The van der Waals surface area contributed by atoms with Crippen LogP contribution >= 0.6 is 23.1 Å². The highest BCUT2D eigenvalue weighted by atomic mass is 32.2. The van der Waals surface area contributed by atoms with Gasteiger partial charge in [0.25, 0.3) is 0 Å². The van der Waals surface area contributed by atoms with Crippen LogP contribution in [0.2, 0.25) is 0 Å². The summed E-state index contributed by atoms with van der Waals surface area (Å²) in [7, 11) is 1.60. The number of hydrogen-bond acceptors (Lipinski definition) is 7. The van der Waals surface area contributed by atoms with E-state index in [9.17, 15) is 4.79 Å². The van der Waals surface area contributed by atoms with E-state index in [0.29, 0.717) is 24.0 Å². The van der Waals surface area contributed by atoms with Crippen molar-refractivity contribution in [2.75, 3.05) is 19.4 Å². The summed E-state index contributed by atoms with van der Waals surface area (Å²) in [5.41, 5.74) is 1.80. The van der Waals surface area contributed by atoms with Gasteiger partial charge in [-0.2, -0.15) is 4.68 Å². The van der Waals surface area contributed by atoms with Crippen molar-refractivity contribution in [3.63, 3.8) is 0 Å². The molecule has 9 heteroatoms. The van der Waals surface area contributed by atoms with E-state index in [1.54, 1.807) is 34.1 Å². The Balaban J connectivity index is 1.73. The van der Waals surface area contributed by atoms with Gasteiger partial charge in [-0.15, -0.1) is 23.0 Å². The molecule has 0 N–H and O–H groups in total. The van der Waals surface area contributed by atoms with Crippen molar-refractivity contribution in [3.8, 4) is 11.4 Å². The number of carbonyl (C=O) groups is 1. The molecule has 1 amide bonds. The molecule has 146 valence electrons. The van der Waals surface area contributed by atoms with Crippen molar-refractivity contribution in [3.05, 3.63) is 58.8 Å². The van der Waals surface area contributed by atoms with Gasteiger partial charge in [-0.25, -0.2) is 0 Å². The first-order chi connectivity index (χ1) is 13.6. The van der Waals surface area contributed by atoms with Gasteiger partial charge in [0, 0.05) is 11.4 Å². The van der Waals surface area contributed by atoms with Crippen LogP contribution in [0.3, 0.4) is 0 Å². The second-order valence-electron chi connectivity index (χ2n) is 5.98. The molecule has 0 spiro atoms. The van der Waals surface area contributed by atoms with Crippen LogP contribution in [0.5, 0.6) is 5.75 Å². The third kappa shape index (κ3) is 4.79. The first-order valence-corrected chi connectivity index (χ1v) is 10.5. The molecule has 3 aromatic rings. The molecule has 2 aromatic heterocycles. The van der Waals surface area contributed by atoms with E-state index in [4.69, 9.17) is 4.74 Å². The SMILES string of the molecule is C=CCN(Cc1cccs1)C(=O)CSc1nnnn1-c1cc(C)ccc1OC. The van der Waals surface area contributed by atoms with Crippen molar-refractivity contribution in [1.82, 2.24) is 25.1 Å². The zero-order valence-corrected chi connectivity index (χ0v) is 17.4. The number of rotatable bonds is 9. The lowest BCUT2D eigenvalue weighted by molar-refractivity contribution is -0.128. The number of amides is 1. The lowest BCUT2D eigenvalue weighted by atomic mass is 10.2. The quantitative estimate of drug-likeness (QED) is 0.394. The van der Waals surface area contributed by atoms with Crippen LogP contribution in [-0.2, 0) is 11.3 Å². The Morgan fingerprint density at radius 2 is 2.29 bits per heavy atom. The highest BCUT2D eigenvalue weighted by Crippen LogP contribution is 2.27. The maximum atomic E-state index is 12.7. The number of carbonyl (C=O) groups excluding carboxylic acids is 1. The summed E-state index contributed by atoms with van der Waals surface area (Å²) >= 11 is 2.93. The van der Waals surface area contributed by atoms with E-state index in [2.05, 4.69) is 22.1 Å². The summed E-state index contributed by atoms with van der Waals surface area (Å²) < 4.78 is 7.02. The van der Waals surface area contributed by atoms with E-state index < -0.39 is 0 Å². The first kappa shape index (κ1) is 20.1. The summed E-state index contributed by atoms with van der Waals surface area (Å²) in [6, 6.07) is 9.78. The van der Waals surface area contributed by atoms with Crippen molar-refractivity contribution >= 4 is 29.0 Å². The number of benzene rings is 1. The molecule has 3 rings (SSSR count). The third-order valence-corrected chi connectivity index (χ3v) is 5.72. The van der Waals surface area contributed by atoms with Crippen LogP contribution in [0.1, 0.15) is 10.4 Å². The normalized spacial score (nSPS) is 10.6. The molecule has 0 aliphatic carbocycles. The Bertz CT molecular complexity index is 940. The molecule has 0 atom stereocenters. The number of hydrogen-bond donors (Lipinski definition) is 0. The minimum atomic E-state index is 0.00376. The molecule has 2 heterocycles. The molecule has 0 aliphatic heterocycles. The smallest absolute Gasteiger partial charge is 0.233 e. The van der Waals surface area contributed by atoms with E-state index in [0.717, 1.165) is 16.1 Å². The predicted octanol–water partition coefficient (Wildman–Crippen LogP) is 3.35. The molecule has 0 saturated heterocycles. The summed E-state index contributed by atoms with van der Waals surface area (Å²) in [6.45, 7) is 6.81. The highest BCUT2D eigenvalue weighted by molar-refractivity contribution is 7.99. The molecular formula is C19H21N5O2S2. The van der Waals surface area contributed by atoms with Crippen LogP contribution in [-0.4, -0.2) is 50.4 Å². The maximum absolute atomic E-state index is 12.7. The molecule has 0 unspecified atom stereocenters. The molecule has 0 bridgehead atoms. The van der Waals surface area contributed by atoms with Crippen LogP contribution in [0.15, 0.2) is 53.5 Å². The van der Waals surface area contributed by atoms with Gasteiger partial charge >= 0.3 is 0 Å². The molecule has 1 aromatic carbocycles. The number of methoxy groups -OCH3 is 1. The van der Waals surface area contributed by atoms with E-state index in [-0.39, 0.29) is 11.7 Å². The Morgan fingerprint density at radius 1 is 1.43 bits per heavy atom. The molecule has 7 nitrogen and oxygen atoms in total. The predicted molar refractivity (Wildman–Crippen MR) is 111 cm³/mol. The fraction of sp³-hybridized carbons (Fsp3) is 0.263. The van der Waals surface area contributed by atoms with Gasteiger partial charge in [-0.1, -0.05) is 30.0 Å². The van der Waals surface area contributed by atoms with Crippen LogP contribution in [0.25, 0.3) is 5.69 Å². The fourth-order valence-electron chi connectivity index (χ4n) is 2.60. The Hall–Kier alpha value is -2.65.